The zero-order valence-electron chi connectivity index (χ0n) is 9.91. The van der Waals surface area contributed by atoms with E-state index in [0.29, 0.717) is 0 Å². The topological polar surface area (TPSA) is 32.3 Å². The number of benzene rings is 1. The number of aliphatic hydroxyl groups excluding tert-OH is 1. The first-order valence-corrected chi connectivity index (χ1v) is 6.21. The first-order valence-electron chi connectivity index (χ1n) is 5.83. The molecule has 0 spiro atoms. The third-order valence-corrected chi connectivity index (χ3v) is 3.04. The molecule has 0 aromatic heterocycles. The van der Waals surface area contributed by atoms with Crippen LogP contribution >= 0.6 is 11.6 Å². The molecule has 0 heterocycles. The largest absolute Gasteiger partial charge is 0.395 e. The maximum absolute atomic E-state index is 9.18. The molecule has 3 heteroatoms. The maximum atomic E-state index is 9.18. The van der Waals surface area contributed by atoms with Crippen LogP contribution < -0.4 is 5.32 Å². The van der Waals surface area contributed by atoms with Crippen molar-refractivity contribution in [2.75, 3.05) is 6.61 Å². The highest BCUT2D eigenvalue weighted by Gasteiger charge is 2.13. The Hall–Kier alpha value is -0.570. The van der Waals surface area contributed by atoms with Gasteiger partial charge in [0.05, 0.1) is 6.61 Å². The van der Waals surface area contributed by atoms with Crippen LogP contribution in [0.1, 0.15) is 38.3 Å². The number of aliphatic hydroxyl groups is 1. The Morgan fingerprint density at radius 1 is 1.31 bits per heavy atom. The van der Waals surface area contributed by atoms with Gasteiger partial charge >= 0.3 is 0 Å². The van der Waals surface area contributed by atoms with E-state index in [1.54, 1.807) is 0 Å². The number of halogens is 1. The monoisotopic (exact) mass is 241 g/mol. The van der Waals surface area contributed by atoms with Crippen molar-refractivity contribution in [1.29, 1.82) is 0 Å². The average Bonchev–Trinajstić information content (AvgIpc) is 2.31. The molecular formula is C13H20ClNO. The van der Waals surface area contributed by atoms with Crippen molar-refractivity contribution in [1.82, 2.24) is 5.32 Å². The quantitative estimate of drug-likeness (QED) is 0.802. The van der Waals surface area contributed by atoms with Gasteiger partial charge in [0.2, 0.25) is 0 Å². The zero-order valence-corrected chi connectivity index (χ0v) is 10.7. The predicted octanol–water partition coefficient (Wildman–Crippen LogP) is 3.15. The van der Waals surface area contributed by atoms with Crippen molar-refractivity contribution in [2.24, 2.45) is 0 Å². The summed E-state index contributed by atoms with van der Waals surface area (Å²) >= 11 is 5.97. The molecule has 0 bridgehead atoms. The lowest BCUT2D eigenvalue weighted by Crippen LogP contribution is -2.34. The smallest absolute Gasteiger partial charge is 0.0584 e. The second-order valence-corrected chi connectivity index (χ2v) is 4.41. The molecule has 1 rings (SSSR count). The molecule has 0 aliphatic rings. The lowest BCUT2D eigenvalue weighted by molar-refractivity contribution is 0.226. The second kappa shape index (κ2) is 6.89. The van der Waals surface area contributed by atoms with Crippen LogP contribution in [-0.4, -0.2) is 17.8 Å². The van der Waals surface area contributed by atoms with E-state index >= 15 is 0 Å². The van der Waals surface area contributed by atoms with Crippen molar-refractivity contribution >= 4 is 11.6 Å². The van der Waals surface area contributed by atoms with E-state index in [1.165, 1.54) is 5.56 Å². The Balaban J connectivity index is 2.74. The fraction of sp³-hybridized carbons (Fsp3) is 0.538. The van der Waals surface area contributed by atoms with Crippen LogP contribution in [0, 0.1) is 0 Å². The number of hydrogen-bond donors (Lipinski definition) is 2. The Bertz CT molecular complexity index is 313. The van der Waals surface area contributed by atoms with Gasteiger partial charge in [0.15, 0.2) is 0 Å². The third-order valence-electron chi connectivity index (χ3n) is 2.81. The van der Waals surface area contributed by atoms with Crippen molar-refractivity contribution in [3.05, 3.63) is 34.9 Å². The summed E-state index contributed by atoms with van der Waals surface area (Å²) in [5.74, 6) is 0. The molecule has 16 heavy (non-hydrogen) atoms. The molecule has 0 aliphatic heterocycles. The number of hydrogen-bond acceptors (Lipinski definition) is 2. The number of nitrogens with one attached hydrogen (secondary N) is 1. The Morgan fingerprint density at radius 3 is 2.56 bits per heavy atom. The van der Waals surface area contributed by atoms with Gasteiger partial charge in [0, 0.05) is 17.1 Å². The van der Waals surface area contributed by atoms with Crippen molar-refractivity contribution in [2.45, 2.75) is 38.8 Å². The van der Waals surface area contributed by atoms with E-state index in [9.17, 15) is 5.11 Å². The molecule has 1 aromatic carbocycles. The van der Waals surface area contributed by atoms with E-state index in [1.807, 2.05) is 18.2 Å². The lowest BCUT2D eigenvalue weighted by Gasteiger charge is -2.23. The first kappa shape index (κ1) is 13.5. The van der Waals surface area contributed by atoms with Gasteiger partial charge in [-0.2, -0.15) is 0 Å². The van der Waals surface area contributed by atoms with Gasteiger partial charge in [-0.3, -0.25) is 0 Å². The Morgan fingerprint density at radius 2 is 2.06 bits per heavy atom. The van der Waals surface area contributed by atoms with E-state index in [2.05, 4.69) is 25.2 Å². The van der Waals surface area contributed by atoms with Crippen LogP contribution in [0.25, 0.3) is 0 Å². The van der Waals surface area contributed by atoms with Crippen molar-refractivity contribution in [3.8, 4) is 0 Å². The van der Waals surface area contributed by atoms with E-state index < -0.39 is 0 Å². The molecule has 0 aliphatic carbocycles. The van der Waals surface area contributed by atoms with Crippen molar-refractivity contribution in [3.63, 3.8) is 0 Å². The summed E-state index contributed by atoms with van der Waals surface area (Å²) in [6.07, 6.45) is 1.91. The normalized spacial score (nSPS) is 14.8. The maximum Gasteiger partial charge on any atom is 0.0584 e. The number of rotatable bonds is 6. The summed E-state index contributed by atoms with van der Waals surface area (Å²) in [6.45, 7) is 4.37. The van der Waals surface area contributed by atoms with Gasteiger partial charge in [0.25, 0.3) is 0 Å². The fourth-order valence-corrected chi connectivity index (χ4v) is 1.96. The molecule has 1 aromatic rings. The summed E-state index contributed by atoms with van der Waals surface area (Å²) in [5.41, 5.74) is 1.18. The highest BCUT2D eigenvalue weighted by Crippen LogP contribution is 2.21. The van der Waals surface area contributed by atoms with Gasteiger partial charge in [-0.15, -0.1) is 0 Å². The van der Waals surface area contributed by atoms with Gasteiger partial charge < -0.3 is 10.4 Å². The van der Waals surface area contributed by atoms with Crippen LogP contribution in [0.3, 0.4) is 0 Å². The average molecular weight is 242 g/mol. The lowest BCUT2D eigenvalue weighted by atomic mass is 10.0. The second-order valence-electron chi connectivity index (χ2n) is 3.97. The molecular weight excluding hydrogens is 222 g/mol. The van der Waals surface area contributed by atoms with Crippen LogP contribution in [0.15, 0.2) is 24.3 Å². The summed E-state index contributed by atoms with van der Waals surface area (Å²) in [4.78, 5) is 0. The molecule has 0 saturated heterocycles. The third kappa shape index (κ3) is 3.78. The molecule has 0 fully saturated rings. The molecule has 2 atom stereocenters. The van der Waals surface area contributed by atoms with Crippen LogP contribution in [0.5, 0.6) is 0 Å². The van der Waals surface area contributed by atoms with Gasteiger partial charge in [-0.1, -0.05) is 37.6 Å². The van der Waals surface area contributed by atoms with Gasteiger partial charge in [-0.05, 0) is 30.5 Å². The predicted molar refractivity (Wildman–Crippen MR) is 68.8 cm³/mol. The minimum atomic E-state index is 0.156. The van der Waals surface area contributed by atoms with Crippen molar-refractivity contribution < 1.29 is 5.11 Å². The Kier molecular flexibility index (Phi) is 5.81. The summed E-state index contributed by atoms with van der Waals surface area (Å²) in [7, 11) is 0. The minimum absolute atomic E-state index is 0.156. The van der Waals surface area contributed by atoms with E-state index in [0.717, 1.165) is 17.9 Å². The molecule has 0 saturated carbocycles. The van der Waals surface area contributed by atoms with Crippen LogP contribution in [-0.2, 0) is 0 Å². The van der Waals surface area contributed by atoms with Gasteiger partial charge in [0.1, 0.15) is 0 Å². The summed E-state index contributed by atoms with van der Waals surface area (Å²) in [5, 5.41) is 13.4. The van der Waals surface area contributed by atoms with Crippen LogP contribution in [0.2, 0.25) is 5.02 Å². The molecule has 2 N–H and O–H groups in total. The molecule has 0 radical (unpaired) electrons. The molecule has 2 nitrogen and oxygen atoms in total. The van der Waals surface area contributed by atoms with E-state index in [4.69, 9.17) is 11.6 Å². The Labute approximate surface area is 103 Å². The summed E-state index contributed by atoms with van der Waals surface area (Å²) < 4.78 is 0. The zero-order chi connectivity index (χ0) is 12.0. The standard InChI is InChI=1S/C13H20ClNO/c1-3-12(9-16)15-13(4-2)10-6-5-7-11(14)8-10/h5-8,12-13,15-16H,3-4,9H2,1-2H3/t12-,13?/m0/s1. The fourth-order valence-electron chi connectivity index (χ4n) is 1.76. The van der Waals surface area contributed by atoms with Crippen LogP contribution in [0.4, 0.5) is 0 Å². The SMILES string of the molecule is CCC(N[C@@H](CC)CO)c1cccc(Cl)c1. The van der Waals surface area contributed by atoms with Gasteiger partial charge in [-0.25, -0.2) is 0 Å². The highest BCUT2D eigenvalue weighted by molar-refractivity contribution is 6.30. The molecule has 90 valence electrons. The minimum Gasteiger partial charge on any atom is -0.395 e. The molecule has 1 unspecified atom stereocenters. The first-order chi connectivity index (χ1) is 7.71. The molecule has 0 amide bonds. The highest BCUT2D eigenvalue weighted by atomic mass is 35.5. The van der Waals surface area contributed by atoms with E-state index in [-0.39, 0.29) is 18.7 Å². The summed E-state index contributed by atoms with van der Waals surface area (Å²) in [6, 6.07) is 8.30.